The van der Waals surface area contributed by atoms with Crippen LogP contribution in [-0.2, 0) is 6.42 Å². The van der Waals surface area contributed by atoms with Crippen molar-refractivity contribution in [2.45, 2.75) is 32.2 Å². The zero-order chi connectivity index (χ0) is 14.0. The predicted octanol–water partition coefficient (Wildman–Crippen LogP) is 3.20. The van der Waals surface area contributed by atoms with Crippen LogP contribution in [0.4, 0.5) is 4.39 Å². The summed E-state index contributed by atoms with van der Waals surface area (Å²) in [4.78, 5) is 4.23. The lowest BCUT2D eigenvalue weighted by Crippen LogP contribution is -2.32. The summed E-state index contributed by atoms with van der Waals surface area (Å²) in [6, 6.07) is 4.05. The summed E-state index contributed by atoms with van der Waals surface area (Å²) >= 11 is 5.94. The number of aryl methyl sites for hydroxylation is 1. The van der Waals surface area contributed by atoms with Gasteiger partial charge in [-0.1, -0.05) is 16.8 Å². The first-order chi connectivity index (χ1) is 8.85. The molecule has 2 N–H and O–H groups in total. The Morgan fingerprint density at radius 1 is 1.42 bits per heavy atom. The number of nitrogens with zero attached hydrogens (tertiary/aromatic N) is 2. The molecule has 2 aromatic rings. The van der Waals surface area contributed by atoms with Gasteiger partial charge in [-0.25, -0.2) is 4.39 Å². The lowest BCUT2D eigenvalue weighted by atomic mass is 10.0. The van der Waals surface area contributed by atoms with Crippen LogP contribution in [0.2, 0.25) is 5.02 Å². The van der Waals surface area contributed by atoms with Gasteiger partial charge in [-0.3, -0.25) is 0 Å². The van der Waals surface area contributed by atoms with Gasteiger partial charge in [0.25, 0.3) is 0 Å². The van der Waals surface area contributed by atoms with Crippen LogP contribution in [0.5, 0.6) is 0 Å². The molecule has 0 aliphatic carbocycles. The van der Waals surface area contributed by atoms with E-state index in [4.69, 9.17) is 21.9 Å². The first-order valence-corrected chi connectivity index (χ1v) is 6.30. The van der Waals surface area contributed by atoms with Crippen molar-refractivity contribution in [2.24, 2.45) is 5.73 Å². The van der Waals surface area contributed by atoms with Gasteiger partial charge in [0.2, 0.25) is 11.7 Å². The zero-order valence-corrected chi connectivity index (χ0v) is 11.5. The Kier molecular flexibility index (Phi) is 3.87. The van der Waals surface area contributed by atoms with Crippen molar-refractivity contribution in [3.63, 3.8) is 0 Å². The molecule has 1 heterocycles. The third-order valence-corrected chi connectivity index (χ3v) is 2.94. The largest absolute Gasteiger partial charge is 0.339 e. The number of benzene rings is 1. The highest BCUT2D eigenvalue weighted by atomic mass is 35.5. The molecule has 0 amide bonds. The molecule has 0 spiro atoms. The van der Waals surface area contributed by atoms with E-state index in [1.54, 1.807) is 0 Å². The van der Waals surface area contributed by atoms with E-state index in [9.17, 15) is 4.39 Å². The monoisotopic (exact) mass is 283 g/mol. The molecule has 0 fully saturated rings. The van der Waals surface area contributed by atoms with E-state index in [1.807, 2.05) is 13.8 Å². The molecule has 0 aliphatic heterocycles. The van der Waals surface area contributed by atoms with Crippen LogP contribution < -0.4 is 5.73 Å². The van der Waals surface area contributed by atoms with E-state index in [0.717, 1.165) is 6.42 Å². The highest BCUT2D eigenvalue weighted by Gasteiger charge is 2.16. The highest BCUT2D eigenvalue weighted by Crippen LogP contribution is 2.26. The number of aromatic nitrogens is 2. The lowest BCUT2D eigenvalue weighted by Gasteiger charge is -2.16. The average Bonchev–Trinajstić information content (AvgIpc) is 2.74. The number of hydrogen-bond acceptors (Lipinski definition) is 4. The van der Waals surface area contributed by atoms with Crippen molar-refractivity contribution >= 4 is 11.6 Å². The summed E-state index contributed by atoms with van der Waals surface area (Å²) in [6.45, 7) is 3.86. The summed E-state index contributed by atoms with van der Waals surface area (Å²) in [5, 5.41) is 4.10. The average molecular weight is 284 g/mol. The van der Waals surface area contributed by atoms with E-state index in [0.29, 0.717) is 23.7 Å². The van der Waals surface area contributed by atoms with Crippen molar-refractivity contribution in [1.29, 1.82) is 0 Å². The van der Waals surface area contributed by atoms with Gasteiger partial charge in [0.15, 0.2) is 0 Å². The number of halogens is 2. The smallest absolute Gasteiger partial charge is 0.227 e. The Hall–Kier alpha value is -1.46. The van der Waals surface area contributed by atoms with Crippen LogP contribution in [0, 0.1) is 5.82 Å². The second-order valence-corrected chi connectivity index (χ2v) is 5.53. The molecule has 0 atom stereocenters. The fourth-order valence-electron chi connectivity index (χ4n) is 1.57. The first-order valence-electron chi connectivity index (χ1n) is 5.92. The first kappa shape index (κ1) is 14.0. The van der Waals surface area contributed by atoms with E-state index >= 15 is 0 Å². The molecule has 1 aromatic heterocycles. The van der Waals surface area contributed by atoms with Gasteiger partial charge >= 0.3 is 0 Å². The Bertz CT molecular complexity index is 578. The minimum absolute atomic E-state index is 0.256. The zero-order valence-electron chi connectivity index (χ0n) is 10.8. The Morgan fingerprint density at radius 2 is 2.16 bits per heavy atom. The fraction of sp³-hybridized carbons (Fsp3) is 0.385. The molecule has 0 saturated heterocycles. The highest BCUT2D eigenvalue weighted by molar-refractivity contribution is 6.33. The van der Waals surface area contributed by atoms with Crippen LogP contribution in [-0.4, -0.2) is 15.7 Å². The van der Waals surface area contributed by atoms with E-state index < -0.39 is 5.82 Å². The summed E-state index contributed by atoms with van der Waals surface area (Å²) in [5.41, 5.74) is 6.15. The molecule has 0 radical (unpaired) electrons. The normalized spacial score (nSPS) is 11.8. The molecule has 102 valence electrons. The minimum atomic E-state index is -0.401. The maximum atomic E-state index is 13.0. The standard InChI is InChI=1S/C13H15ClFN3O/c1-13(2,16)6-5-11-17-12(18-19-11)9-4-3-8(15)7-10(9)14/h3-4,7H,5-6,16H2,1-2H3. The van der Waals surface area contributed by atoms with Gasteiger partial charge in [0, 0.05) is 17.5 Å². The van der Waals surface area contributed by atoms with Crippen molar-refractivity contribution in [3.05, 3.63) is 34.9 Å². The molecular weight excluding hydrogens is 269 g/mol. The van der Waals surface area contributed by atoms with E-state index in [-0.39, 0.29) is 10.6 Å². The van der Waals surface area contributed by atoms with E-state index in [1.165, 1.54) is 18.2 Å². The maximum absolute atomic E-state index is 13.0. The molecule has 0 unspecified atom stereocenters. The molecule has 19 heavy (non-hydrogen) atoms. The third kappa shape index (κ3) is 3.75. The van der Waals surface area contributed by atoms with Crippen LogP contribution in [0.25, 0.3) is 11.4 Å². The van der Waals surface area contributed by atoms with Crippen molar-refractivity contribution in [2.75, 3.05) is 0 Å². The maximum Gasteiger partial charge on any atom is 0.227 e. The molecule has 1 aromatic carbocycles. The minimum Gasteiger partial charge on any atom is -0.339 e. The van der Waals surface area contributed by atoms with Crippen LogP contribution >= 0.6 is 11.6 Å². The van der Waals surface area contributed by atoms with Crippen LogP contribution in [0.1, 0.15) is 26.2 Å². The van der Waals surface area contributed by atoms with Gasteiger partial charge in [0.05, 0.1) is 5.02 Å². The molecule has 0 bridgehead atoms. The SMILES string of the molecule is CC(C)(N)CCc1nc(-c2ccc(F)cc2Cl)no1. The molecular formula is C13H15ClFN3O. The lowest BCUT2D eigenvalue weighted by molar-refractivity contribution is 0.358. The predicted molar refractivity (Wildman–Crippen MR) is 71.3 cm³/mol. The van der Waals surface area contributed by atoms with Crippen molar-refractivity contribution in [3.8, 4) is 11.4 Å². The molecule has 6 heteroatoms. The van der Waals surface area contributed by atoms with Crippen molar-refractivity contribution in [1.82, 2.24) is 10.1 Å². The second-order valence-electron chi connectivity index (χ2n) is 5.12. The molecule has 0 aliphatic rings. The second kappa shape index (κ2) is 5.27. The number of hydrogen-bond donors (Lipinski definition) is 1. The summed E-state index contributed by atoms with van der Waals surface area (Å²) in [6.07, 6.45) is 1.32. The van der Waals surface area contributed by atoms with Gasteiger partial charge in [-0.05, 0) is 38.5 Å². The van der Waals surface area contributed by atoms with Gasteiger partial charge in [0.1, 0.15) is 5.82 Å². The Balaban J connectivity index is 2.16. The Labute approximate surface area is 115 Å². The van der Waals surface area contributed by atoms with Gasteiger partial charge in [-0.2, -0.15) is 4.98 Å². The van der Waals surface area contributed by atoms with Gasteiger partial charge in [-0.15, -0.1) is 0 Å². The number of nitrogens with two attached hydrogens (primary N) is 1. The molecule has 2 rings (SSSR count). The van der Waals surface area contributed by atoms with E-state index in [2.05, 4.69) is 10.1 Å². The molecule has 4 nitrogen and oxygen atoms in total. The van der Waals surface area contributed by atoms with Crippen molar-refractivity contribution < 1.29 is 8.91 Å². The fourth-order valence-corrected chi connectivity index (χ4v) is 1.82. The topological polar surface area (TPSA) is 64.9 Å². The summed E-state index contributed by atoms with van der Waals surface area (Å²) in [7, 11) is 0. The molecule has 0 saturated carbocycles. The number of rotatable bonds is 4. The van der Waals surface area contributed by atoms with Gasteiger partial charge < -0.3 is 10.3 Å². The van der Waals surface area contributed by atoms with Crippen LogP contribution in [0.3, 0.4) is 0 Å². The summed E-state index contributed by atoms with van der Waals surface area (Å²) in [5.74, 6) is 0.450. The third-order valence-electron chi connectivity index (χ3n) is 2.62. The Morgan fingerprint density at radius 3 is 2.79 bits per heavy atom. The van der Waals surface area contributed by atoms with Crippen LogP contribution in [0.15, 0.2) is 22.7 Å². The summed E-state index contributed by atoms with van der Waals surface area (Å²) < 4.78 is 18.1. The quantitative estimate of drug-likeness (QED) is 0.936.